The van der Waals surface area contributed by atoms with Crippen LogP contribution in [0.25, 0.3) is 6.08 Å². The van der Waals surface area contributed by atoms with Crippen LogP contribution in [-0.2, 0) is 9.53 Å². The van der Waals surface area contributed by atoms with Crippen molar-refractivity contribution >= 4 is 22.9 Å². The van der Waals surface area contributed by atoms with E-state index in [1.807, 2.05) is 36.4 Å². The first-order valence-corrected chi connectivity index (χ1v) is 8.36. The number of benzene rings is 1. The van der Waals surface area contributed by atoms with Gasteiger partial charge in [-0.15, -0.1) is 0 Å². The zero-order chi connectivity index (χ0) is 15.8. The van der Waals surface area contributed by atoms with Gasteiger partial charge in [-0.3, -0.25) is 4.79 Å². The van der Waals surface area contributed by atoms with Gasteiger partial charge in [0, 0.05) is 12.1 Å². The normalized spacial score (nSPS) is 20.9. The number of carbonyl (C=O) groups is 1. The van der Waals surface area contributed by atoms with Crippen LogP contribution in [0.5, 0.6) is 0 Å². The zero-order valence-electron chi connectivity index (χ0n) is 13.1. The minimum atomic E-state index is -0.362. The third kappa shape index (κ3) is 5.91. The number of hydrogen-bond donors (Lipinski definition) is 1. The molecule has 0 bridgehead atoms. The van der Waals surface area contributed by atoms with E-state index in [1.165, 1.54) is 0 Å². The summed E-state index contributed by atoms with van der Waals surface area (Å²) in [6.07, 6.45) is 5.01. The standard InChI is InChI=1S/C18H24ClNO2/c1-2-8-20-9-10-22-17-13-15(17)12-16(18(19)21)11-14-6-4-3-5-7-14/h3-7,11,15,17,20H,2,8-10,12-13H2,1H3. The van der Waals surface area contributed by atoms with E-state index in [0.29, 0.717) is 17.9 Å². The van der Waals surface area contributed by atoms with E-state index in [1.54, 1.807) is 0 Å². The third-order valence-electron chi connectivity index (χ3n) is 3.77. The van der Waals surface area contributed by atoms with Crippen molar-refractivity contribution in [2.45, 2.75) is 32.3 Å². The predicted molar refractivity (Wildman–Crippen MR) is 90.9 cm³/mol. The monoisotopic (exact) mass is 321 g/mol. The van der Waals surface area contributed by atoms with Crippen LogP contribution in [0.1, 0.15) is 31.7 Å². The van der Waals surface area contributed by atoms with Crippen LogP contribution >= 0.6 is 11.6 Å². The summed E-state index contributed by atoms with van der Waals surface area (Å²) in [5, 5.41) is 2.95. The van der Waals surface area contributed by atoms with Crippen molar-refractivity contribution in [1.82, 2.24) is 5.32 Å². The number of hydrogen-bond acceptors (Lipinski definition) is 3. The maximum atomic E-state index is 11.6. The maximum Gasteiger partial charge on any atom is 0.248 e. The van der Waals surface area contributed by atoms with Gasteiger partial charge in [0.15, 0.2) is 0 Å². The average molecular weight is 322 g/mol. The average Bonchev–Trinajstić information content (AvgIpc) is 3.25. The second kappa shape index (κ2) is 9.09. The van der Waals surface area contributed by atoms with Crippen molar-refractivity contribution in [2.24, 2.45) is 5.92 Å². The Balaban J connectivity index is 1.77. The lowest BCUT2D eigenvalue weighted by Gasteiger charge is -2.06. The molecule has 1 aromatic rings. The van der Waals surface area contributed by atoms with Gasteiger partial charge in [-0.05, 0) is 55.0 Å². The Morgan fingerprint density at radius 2 is 2.14 bits per heavy atom. The van der Waals surface area contributed by atoms with Gasteiger partial charge in [0.25, 0.3) is 0 Å². The summed E-state index contributed by atoms with van der Waals surface area (Å²) in [6, 6.07) is 9.81. The molecule has 0 spiro atoms. The minimum Gasteiger partial charge on any atom is -0.377 e. The molecule has 0 heterocycles. The summed E-state index contributed by atoms with van der Waals surface area (Å²) < 4.78 is 5.80. The smallest absolute Gasteiger partial charge is 0.248 e. The van der Waals surface area contributed by atoms with Crippen LogP contribution in [0.15, 0.2) is 35.9 Å². The molecule has 0 radical (unpaired) electrons. The van der Waals surface area contributed by atoms with E-state index >= 15 is 0 Å². The number of allylic oxidation sites excluding steroid dienone is 1. The van der Waals surface area contributed by atoms with Gasteiger partial charge < -0.3 is 10.1 Å². The summed E-state index contributed by atoms with van der Waals surface area (Å²) in [5.41, 5.74) is 1.68. The summed E-state index contributed by atoms with van der Waals surface area (Å²) in [5.74, 6) is 0.420. The minimum absolute atomic E-state index is 0.276. The molecule has 1 aliphatic rings. The maximum absolute atomic E-state index is 11.6. The molecule has 4 heteroatoms. The molecule has 1 N–H and O–H groups in total. The highest BCUT2D eigenvalue weighted by Gasteiger charge is 2.39. The van der Waals surface area contributed by atoms with Gasteiger partial charge >= 0.3 is 0 Å². The zero-order valence-corrected chi connectivity index (χ0v) is 13.8. The van der Waals surface area contributed by atoms with Crippen molar-refractivity contribution in [1.29, 1.82) is 0 Å². The van der Waals surface area contributed by atoms with E-state index in [-0.39, 0.29) is 11.3 Å². The molecule has 1 aliphatic carbocycles. The first-order chi connectivity index (χ1) is 10.7. The number of halogens is 1. The van der Waals surface area contributed by atoms with Crippen molar-refractivity contribution in [2.75, 3.05) is 19.7 Å². The lowest BCUT2D eigenvalue weighted by molar-refractivity contribution is -0.108. The van der Waals surface area contributed by atoms with Crippen LogP contribution in [0.2, 0.25) is 0 Å². The van der Waals surface area contributed by atoms with E-state index < -0.39 is 0 Å². The number of rotatable bonds is 10. The Morgan fingerprint density at radius 1 is 1.36 bits per heavy atom. The molecule has 0 aliphatic heterocycles. The summed E-state index contributed by atoms with van der Waals surface area (Å²) in [7, 11) is 0. The van der Waals surface area contributed by atoms with Gasteiger partial charge in [-0.25, -0.2) is 0 Å². The fraction of sp³-hybridized carbons (Fsp3) is 0.500. The molecule has 1 fully saturated rings. The van der Waals surface area contributed by atoms with E-state index in [0.717, 1.165) is 38.1 Å². The largest absolute Gasteiger partial charge is 0.377 e. The fourth-order valence-electron chi connectivity index (χ4n) is 2.45. The van der Waals surface area contributed by atoms with Gasteiger partial charge in [0.1, 0.15) is 0 Å². The van der Waals surface area contributed by atoms with Crippen LogP contribution in [0.4, 0.5) is 0 Å². The molecule has 0 amide bonds. The molecule has 22 heavy (non-hydrogen) atoms. The molecular weight excluding hydrogens is 298 g/mol. The van der Waals surface area contributed by atoms with Crippen molar-refractivity contribution in [3.05, 3.63) is 41.5 Å². The lowest BCUT2D eigenvalue weighted by Crippen LogP contribution is -2.21. The predicted octanol–water partition coefficient (Wildman–Crippen LogP) is 3.63. The molecule has 0 saturated heterocycles. The van der Waals surface area contributed by atoms with E-state index in [4.69, 9.17) is 16.3 Å². The van der Waals surface area contributed by atoms with Crippen LogP contribution in [-0.4, -0.2) is 31.0 Å². The van der Waals surface area contributed by atoms with Crippen molar-refractivity contribution in [3.63, 3.8) is 0 Å². The topological polar surface area (TPSA) is 38.3 Å². The quantitative estimate of drug-likeness (QED) is 0.406. The molecule has 1 saturated carbocycles. The van der Waals surface area contributed by atoms with Crippen molar-refractivity contribution in [3.8, 4) is 0 Å². The fourth-order valence-corrected chi connectivity index (χ4v) is 2.58. The molecule has 0 aromatic heterocycles. The van der Waals surface area contributed by atoms with Crippen LogP contribution in [0.3, 0.4) is 0 Å². The van der Waals surface area contributed by atoms with Crippen LogP contribution in [0, 0.1) is 5.92 Å². The van der Waals surface area contributed by atoms with Gasteiger partial charge in [0.05, 0.1) is 12.7 Å². The Hall–Kier alpha value is -1.16. The van der Waals surface area contributed by atoms with E-state index in [2.05, 4.69) is 12.2 Å². The summed E-state index contributed by atoms with van der Waals surface area (Å²) in [4.78, 5) is 11.6. The molecule has 2 atom stereocenters. The summed E-state index contributed by atoms with van der Waals surface area (Å²) in [6.45, 7) is 4.79. The Morgan fingerprint density at radius 3 is 2.82 bits per heavy atom. The van der Waals surface area contributed by atoms with E-state index in [9.17, 15) is 4.79 Å². The number of nitrogens with one attached hydrogen (secondary N) is 1. The highest BCUT2D eigenvalue weighted by atomic mass is 35.5. The molecule has 2 unspecified atom stereocenters. The molecule has 2 rings (SSSR count). The molecule has 120 valence electrons. The number of carbonyl (C=O) groups excluding carboxylic acids is 1. The highest BCUT2D eigenvalue weighted by Crippen LogP contribution is 2.39. The second-order valence-electron chi connectivity index (χ2n) is 5.71. The first-order valence-electron chi connectivity index (χ1n) is 7.98. The highest BCUT2D eigenvalue weighted by molar-refractivity contribution is 6.68. The summed E-state index contributed by atoms with van der Waals surface area (Å²) >= 11 is 5.72. The Bertz CT molecular complexity index is 501. The van der Waals surface area contributed by atoms with Gasteiger partial charge in [-0.1, -0.05) is 37.3 Å². The second-order valence-corrected chi connectivity index (χ2v) is 6.06. The Labute approximate surface area is 137 Å². The molecular formula is C18H24ClNO2. The lowest BCUT2D eigenvalue weighted by atomic mass is 10.1. The third-order valence-corrected chi connectivity index (χ3v) is 4.01. The molecule has 1 aromatic carbocycles. The van der Waals surface area contributed by atoms with Gasteiger partial charge in [-0.2, -0.15) is 0 Å². The molecule has 3 nitrogen and oxygen atoms in total. The van der Waals surface area contributed by atoms with Crippen molar-refractivity contribution < 1.29 is 9.53 Å². The Kier molecular flexibility index (Phi) is 7.10. The van der Waals surface area contributed by atoms with Crippen LogP contribution < -0.4 is 5.32 Å². The first kappa shape index (κ1) is 17.2. The SMILES string of the molecule is CCCNCCOC1CC1CC(=Cc1ccccc1)C(=O)Cl. The van der Waals surface area contributed by atoms with Gasteiger partial charge in [0.2, 0.25) is 5.24 Å². The number of ether oxygens (including phenoxy) is 1.